The fourth-order valence-electron chi connectivity index (χ4n) is 4.00. The number of amides is 1. The van der Waals surface area contributed by atoms with Gasteiger partial charge in [0.25, 0.3) is 0 Å². The highest BCUT2D eigenvalue weighted by molar-refractivity contribution is 5.97. The van der Waals surface area contributed by atoms with Crippen molar-refractivity contribution in [3.8, 4) is 0 Å². The molecule has 0 unspecified atom stereocenters. The van der Waals surface area contributed by atoms with Crippen molar-refractivity contribution in [3.63, 3.8) is 0 Å². The third-order valence-electron chi connectivity index (χ3n) is 5.27. The number of piperidine rings is 1. The summed E-state index contributed by atoms with van der Waals surface area (Å²) < 4.78 is 0. The van der Waals surface area contributed by atoms with Crippen LogP contribution < -0.4 is 9.80 Å². The van der Waals surface area contributed by atoms with Crippen molar-refractivity contribution in [2.24, 2.45) is 5.92 Å². The molecule has 1 aromatic heterocycles. The number of rotatable bonds is 2. The number of hydrogen-bond acceptors (Lipinski definition) is 4. The van der Waals surface area contributed by atoms with Crippen molar-refractivity contribution in [2.45, 2.75) is 33.1 Å². The van der Waals surface area contributed by atoms with E-state index >= 15 is 0 Å². The maximum atomic E-state index is 13.0. The Labute approximate surface area is 148 Å². The van der Waals surface area contributed by atoms with E-state index in [0.29, 0.717) is 5.91 Å². The van der Waals surface area contributed by atoms with E-state index in [0.717, 1.165) is 61.9 Å². The monoisotopic (exact) mass is 336 g/mol. The highest BCUT2D eigenvalue weighted by Crippen LogP contribution is 2.31. The predicted molar refractivity (Wildman–Crippen MR) is 98.9 cm³/mol. The standard InChI is InChI=1S/C20H24N4O/c1-14-13-19(22-15(2)21-14)23-10-7-17(8-11-23)20(25)24-12-9-16-5-3-4-6-18(16)24/h3-6,13,17H,7-12H2,1-2H3. The van der Waals surface area contributed by atoms with Crippen LogP contribution in [-0.2, 0) is 11.2 Å². The van der Waals surface area contributed by atoms with E-state index in [1.165, 1.54) is 5.56 Å². The molecule has 0 saturated carbocycles. The van der Waals surface area contributed by atoms with Gasteiger partial charge in [0.1, 0.15) is 11.6 Å². The number of anilines is 2. The van der Waals surface area contributed by atoms with Gasteiger partial charge >= 0.3 is 0 Å². The van der Waals surface area contributed by atoms with Gasteiger partial charge in [0.2, 0.25) is 5.91 Å². The lowest BCUT2D eigenvalue weighted by atomic mass is 9.95. The number of carbonyl (C=O) groups excluding carboxylic acids is 1. The largest absolute Gasteiger partial charge is 0.356 e. The van der Waals surface area contributed by atoms with E-state index < -0.39 is 0 Å². The zero-order valence-electron chi connectivity index (χ0n) is 14.9. The van der Waals surface area contributed by atoms with E-state index in [9.17, 15) is 4.79 Å². The zero-order valence-corrected chi connectivity index (χ0v) is 14.9. The number of carbonyl (C=O) groups is 1. The highest BCUT2D eigenvalue weighted by atomic mass is 16.2. The Bertz CT molecular complexity index is 776. The Morgan fingerprint density at radius 2 is 1.84 bits per heavy atom. The first-order valence-corrected chi connectivity index (χ1v) is 9.08. The third kappa shape index (κ3) is 3.11. The molecule has 2 aromatic rings. The first kappa shape index (κ1) is 16.1. The molecule has 2 aliphatic rings. The van der Waals surface area contributed by atoms with Crippen molar-refractivity contribution < 1.29 is 4.79 Å². The van der Waals surface area contributed by atoms with Gasteiger partial charge in [-0.3, -0.25) is 4.79 Å². The summed E-state index contributed by atoms with van der Waals surface area (Å²) in [5.41, 5.74) is 3.39. The van der Waals surface area contributed by atoms with Gasteiger partial charge in [-0.2, -0.15) is 0 Å². The molecule has 1 saturated heterocycles. The molecular formula is C20H24N4O. The minimum atomic E-state index is 0.117. The summed E-state index contributed by atoms with van der Waals surface area (Å²) in [4.78, 5) is 26.2. The molecule has 3 heterocycles. The number of aromatic nitrogens is 2. The van der Waals surface area contributed by atoms with Crippen LogP contribution in [0, 0.1) is 19.8 Å². The zero-order chi connectivity index (χ0) is 17.4. The molecule has 0 N–H and O–H groups in total. The second-order valence-electron chi connectivity index (χ2n) is 7.04. The maximum Gasteiger partial charge on any atom is 0.230 e. The summed E-state index contributed by atoms with van der Waals surface area (Å²) in [6.07, 6.45) is 2.75. The van der Waals surface area contributed by atoms with Gasteiger partial charge in [-0.05, 0) is 44.7 Å². The number of nitrogens with zero attached hydrogens (tertiary/aromatic N) is 4. The van der Waals surface area contributed by atoms with Gasteiger partial charge in [0.15, 0.2) is 0 Å². The van der Waals surface area contributed by atoms with Crippen LogP contribution in [0.25, 0.3) is 0 Å². The Kier molecular flexibility index (Phi) is 4.15. The molecule has 5 nitrogen and oxygen atoms in total. The van der Waals surface area contributed by atoms with Crippen LogP contribution in [0.3, 0.4) is 0 Å². The second-order valence-corrected chi connectivity index (χ2v) is 7.04. The van der Waals surface area contributed by atoms with Crippen LogP contribution in [0.1, 0.15) is 29.9 Å². The predicted octanol–water partition coefficient (Wildman–Crippen LogP) is 2.90. The van der Waals surface area contributed by atoms with Gasteiger partial charge in [-0.25, -0.2) is 9.97 Å². The van der Waals surface area contributed by atoms with Crippen LogP contribution in [-0.4, -0.2) is 35.5 Å². The van der Waals surface area contributed by atoms with Gasteiger partial charge in [0, 0.05) is 43.0 Å². The lowest BCUT2D eigenvalue weighted by Gasteiger charge is -2.34. The molecule has 0 spiro atoms. The van der Waals surface area contributed by atoms with Crippen LogP contribution >= 0.6 is 0 Å². The molecule has 130 valence electrons. The molecule has 5 heteroatoms. The van der Waals surface area contributed by atoms with E-state index in [2.05, 4.69) is 33.1 Å². The Morgan fingerprint density at radius 1 is 1.08 bits per heavy atom. The Morgan fingerprint density at radius 3 is 2.60 bits per heavy atom. The topological polar surface area (TPSA) is 49.3 Å². The summed E-state index contributed by atoms with van der Waals surface area (Å²) in [6.45, 7) is 6.50. The van der Waals surface area contributed by atoms with Gasteiger partial charge in [-0.15, -0.1) is 0 Å². The number of hydrogen-bond donors (Lipinski definition) is 0. The molecule has 25 heavy (non-hydrogen) atoms. The van der Waals surface area contributed by atoms with Crippen molar-refractivity contribution in [2.75, 3.05) is 29.4 Å². The van der Waals surface area contributed by atoms with Gasteiger partial charge in [0.05, 0.1) is 0 Å². The Hall–Kier alpha value is -2.43. The average Bonchev–Trinajstić information content (AvgIpc) is 3.04. The number of fused-ring (bicyclic) bond motifs is 1. The summed E-state index contributed by atoms with van der Waals surface area (Å²) in [6, 6.07) is 10.3. The number of benzene rings is 1. The normalized spacial score (nSPS) is 17.7. The van der Waals surface area contributed by atoms with Crippen molar-refractivity contribution in [3.05, 3.63) is 47.4 Å². The van der Waals surface area contributed by atoms with Crippen molar-refractivity contribution >= 4 is 17.4 Å². The smallest absolute Gasteiger partial charge is 0.230 e. The summed E-state index contributed by atoms with van der Waals surface area (Å²) >= 11 is 0. The van der Waals surface area contributed by atoms with Gasteiger partial charge < -0.3 is 9.80 Å². The van der Waals surface area contributed by atoms with Crippen LogP contribution in [0.4, 0.5) is 11.5 Å². The van der Waals surface area contributed by atoms with Crippen molar-refractivity contribution in [1.82, 2.24) is 9.97 Å². The molecule has 1 amide bonds. The SMILES string of the molecule is Cc1cc(N2CCC(C(=O)N3CCc4ccccc43)CC2)nc(C)n1. The minimum absolute atomic E-state index is 0.117. The molecule has 0 atom stereocenters. The molecule has 0 bridgehead atoms. The van der Waals surface area contributed by atoms with Crippen LogP contribution in [0.15, 0.2) is 30.3 Å². The number of aryl methyl sites for hydroxylation is 2. The fourth-order valence-corrected chi connectivity index (χ4v) is 4.00. The van der Waals surface area contributed by atoms with E-state index in [1.54, 1.807) is 0 Å². The molecule has 1 aromatic carbocycles. The van der Waals surface area contributed by atoms with Crippen LogP contribution in [0.5, 0.6) is 0 Å². The molecule has 2 aliphatic heterocycles. The summed E-state index contributed by atoms with van der Waals surface area (Å²) in [7, 11) is 0. The number of para-hydroxylation sites is 1. The first-order chi connectivity index (χ1) is 12.1. The minimum Gasteiger partial charge on any atom is -0.356 e. The van der Waals surface area contributed by atoms with Crippen molar-refractivity contribution in [1.29, 1.82) is 0 Å². The first-order valence-electron chi connectivity index (χ1n) is 9.08. The second kappa shape index (κ2) is 6.47. The molecular weight excluding hydrogens is 312 g/mol. The average molecular weight is 336 g/mol. The molecule has 4 rings (SSSR count). The lowest BCUT2D eigenvalue weighted by Crippen LogP contribution is -2.42. The third-order valence-corrected chi connectivity index (χ3v) is 5.27. The Balaban J connectivity index is 1.43. The summed E-state index contributed by atoms with van der Waals surface area (Å²) in [5, 5.41) is 0. The fraction of sp³-hybridized carbons (Fsp3) is 0.450. The lowest BCUT2D eigenvalue weighted by molar-refractivity contribution is -0.122. The molecule has 1 fully saturated rings. The van der Waals surface area contributed by atoms with E-state index in [4.69, 9.17) is 0 Å². The highest BCUT2D eigenvalue weighted by Gasteiger charge is 2.32. The van der Waals surface area contributed by atoms with E-state index in [1.807, 2.05) is 30.9 Å². The van der Waals surface area contributed by atoms with Crippen LogP contribution in [0.2, 0.25) is 0 Å². The maximum absolute atomic E-state index is 13.0. The molecule has 0 radical (unpaired) electrons. The quantitative estimate of drug-likeness (QED) is 0.846. The molecule has 0 aliphatic carbocycles. The summed E-state index contributed by atoms with van der Waals surface area (Å²) in [5.74, 6) is 2.20. The van der Waals surface area contributed by atoms with Gasteiger partial charge in [-0.1, -0.05) is 18.2 Å². The van der Waals surface area contributed by atoms with E-state index in [-0.39, 0.29) is 5.92 Å².